The number of nitrogens with zero attached hydrogens (tertiary/aromatic N) is 2. The molecule has 4 rings (SSSR count). The van der Waals surface area contributed by atoms with E-state index in [0.29, 0.717) is 27.9 Å². The number of methoxy groups -OCH3 is 1. The van der Waals surface area contributed by atoms with Crippen molar-refractivity contribution >= 4 is 29.0 Å². The number of fused-ring (bicyclic) bond motifs is 1. The standard InChI is InChI=1S/C23H18F2N4O2/c1-31-22-17(23(30)27-13-16-4-2-3-11-26-16)8-10-20-21(22)19(28-29-20)9-6-14-5-7-15(24)12-18(14)25/h2-12H,13H2,1H3,(H,27,30)(H,28,29)/b9-6+. The molecule has 6 nitrogen and oxygen atoms in total. The quantitative estimate of drug-likeness (QED) is 0.486. The van der Waals surface area contributed by atoms with E-state index in [9.17, 15) is 13.6 Å². The van der Waals surface area contributed by atoms with Gasteiger partial charge in [0.15, 0.2) is 0 Å². The van der Waals surface area contributed by atoms with Gasteiger partial charge in [-0.25, -0.2) is 8.78 Å². The number of hydrogen-bond donors (Lipinski definition) is 2. The Labute approximate surface area is 176 Å². The molecule has 0 spiro atoms. The first-order valence-corrected chi connectivity index (χ1v) is 9.43. The van der Waals surface area contributed by atoms with Crippen molar-refractivity contribution in [1.82, 2.24) is 20.5 Å². The van der Waals surface area contributed by atoms with Gasteiger partial charge in [0.05, 0.1) is 41.5 Å². The molecule has 0 atom stereocenters. The minimum Gasteiger partial charge on any atom is -0.495 e. The summed E-state index contributed by atoms with van der Waals surface area (Å²) in [6.45, 7) is 0.267. The second-order valence-electron chi connectivity index (χ2n) is 6.68. The molecule has 0 aliphatic carbocycles. The molecular formula is C23H18F2N4O2. The van der Waals surface area contributed by atoms with Crippen LogP contribution in [-0.4, -0.2) is 28.2 Å². The molecule has 0 fully saturated rings. The number of aromatic amines is 1. The number of carbonyl (C=O) groups excluding carboxylic acids is 1. The van der Waals surface area contributed by atoms with Gasteiger partial charge in [0.1, 0.15) is 17.4 Å². The van der Waals surface area contributed by atoms with E-state index < -0.39 is 11.6 Å². The van der Waals surface area contributed by atoms with E-state index in [1.54, 1.807) is 30.5 Å². The zero-order valence-corrected chi connectivity index (χ0v) is 16.5. The van der Waals surface area contributed by atoms with Crippen molar-refractivity contribution in [3.8, 4) is 5.75 Å². The van der Waals surface area contributed by atoms with Crippen LogP contribution < -0.4 is 10.1 Å². The van der Waals surface area contributed by atoms with Gasteiger partial charge in [0.25, 0.3) is 5.91 Å². The van der Waals surface area contributed by atoms with Crippen molar-refractivity contribution in [3.63, 3.8) is 0 Å². The van der Waals surface area contributed by atoms with Crippen molar-refractivity contribution in [2.75, 3.05) is 7.11 Å². The summed E-state index contributed by atoms with van der Waals surface area (Å²) in [5, 5.41) is 10.5. The molecule has 2 aromatic carbocycles. The number of halogens is 2. The van der Waals surface area contributed by atoms with E-state index in [0.717, 1.165) is 11.8 Å². The summed E-state index contributed by atoms with van der Waals surface area (Å²) in [5.74, 6) is -1.32. The zero-order chi connectivity index (χ0) is 21.8. The molecule has 2 aromatic heterocycles. The normalized spacial score (nSPS) is 11.2. The summed E-state index contributed by atoms with van der Waals surface area (Å²) >= 11 is 0. The second-order valence-corrected chi connectivity index (χ2v) is 6.68. The highest BCUT2D eigenvalue weighted by Crippen LogP contribution is 2.32. The summed E-state index contributed by atoms with van der Waals surface area (Å²) in [6.07, 6.45) is 4.72. The SMILES string of the molecule is COc1c(C(=O)NCc2ccccn2)ccc2[nH]nc(/C=C/c3ccc(F)cc3F)c12. The van der Waals surface area contributed by atoms with E-state index in [2.05, 4.69) is 20.5 Å². The van der Waals surface area contributed by atoms with Crippen molar-refractivity contribution in [2.45, 2.75) is 6.54 Å². The van der Waals surface area contributed by atoms with E-state index in [-0.39, 0.29) is 18.0 Å². The summed E-state index contributed by atoms with van der Waals surface area (Å²) in [7, 11) is 1.46. The molecule has 1 amide bonds. The van der Waals surface area contributed by atoms with Gasteiger partial charge in [0.2, 0.25) is 0 Å². The van der Waals surface area contributed by atoms with Crippen molar-refractivity contribution in [1.29, 1.82) is 0 Å². The predicted octanol–water partition coefficient (Wildman–Crippen LogP) is 4.35. The van der Waals surface area contributed by atoms with Gasteiger partial charge < -0.3 is 10.1 Å². The molecule has 2 heterocycles. The Morgan fingerprint density at radius 3 is 2.77 bits per heavy atom. The monoisotopic (exact) mass is 420 g/mol. The summed E-state index contributed by atoms with van der Waals surface area (Å²) < 4.78 is 32.6. The lowest BCUT2D eigenvalue weighted by Crippen LogP contribution is -2.23. The number of carbonyl (C=O) groups is 1. The number of amides is 1. The Kier molecular flexibility index (Phi) is 5.70. The molecule has 0 radical (unpaired) electrons. The van der Waals surface area contributed by atoms with Crippen LogP contribution in [0.3, 0.4) is 0 Å². The fraction of sp³-hybridized carbons (Fsp3) is 0.0870. The number of pyridine rings is 1. The molecule has 0 aliphatic rings. The average molecular weight is 420 g/mol. The third kappa shape index (κ3) is 4.28. The average Bonchev–Trinajstić information content (AvgIpc) is 3.20. The topological polar surface area (TPSA) is 79.9 Å². The molecule has 4 aromatic rings. The van der Waals surface area contributed by atoms with E-state index >= 15 is 0 Å². The van der Waals surface area contributed by atoms with Gasteiger partial charge >= 0.3 is 0 Å². The van der Waals surface area contributed by atoms with Crippen molar-refractivity contribution < 1.29 is 18.3 Å². The van der Waals surface area contributed by atoms with Crippen LogP contribution in [0.5, 0.6) is 5.75 Å². The molecule has 156 valence electrons. The predicted molar refractivity (Wildman–Crippen MR) is 113 cm³/mol. The largest absolute Gasteiger partial charge is 0.495 e. The van der Waals surface area contributed by atoms with Gasteiger partial charge in [-0.1, -0.05) is 6.07 Å². The third-order valence-corrected chi connectivity index (χ3v) is 4.70. The lowest BCUT2D eigenvalue weighted by atomic mass is 10.1. The minimum atomic E-state index is -0.683. The Morgan fingerprint density at radius 1 is 1.16 bits per heavy atom. The molecule has 0 unspecified atom stereocenters. The molecule has 0 aliphatic heterocycles. The molecular weight excluding hydrogens is 402 g/mol. The number of ether oxygens (including phenoxy) is 1. The number of benzene rings is 2. The maximum absolute atomic E-state index is 13.9. The Bertz CT molecular complexity index is 1270. The smallest absolute Gasteiger partial charge is 0.255 e. The number of rotatable bonds is 6. The Morgan fingerprint density at radius 2 is 2.03 bits per heavy atom. The molecule has 0 saturated heterocycles. The van der Waals surface area contributed by atoms with Crippen LogP contribution in [-0.2, 0) is 6.54 Å². The van der Waals surface area contributed by atoms with Gasteiger partial charge in [-0.3, -0.25) is 14.9 Å². The fourth-order valence-corrected chi connectivity index (χ4v) is 3.19. The number of aromatic nitrogens is 3. The van der Waals surface area contributed by atoms with E-state index in [1.807, 2.05) is 12.1 Å². The minimum absolute atomic E-state index is 0.209. The first-order chi connectivity index (χ1) is 15.1. The van der Waals surface area contributed by atoms with Crippen LogP contribution in [0.4, 0.5) is 8.78 Å². The fourth-order valence-electron chi connectivity index (χ4n) is 3.19. The van der Waals surface area contributed by atoms with Gasteiger partial charge in [-0.05, 0) is 48.6 Å². The van der Waals surface area contributed by atoms with Crippen LogP contribution in [0.15, 0.2) is 54.7 Å². The number of hydrogen-bond acceptors (Lipinski definition) is 4. The summed E-state index contributed by atoms with van der Waals surface area (Å²) in [4.78, 5) is 17.0. The van der Waals surface area contributed by atoms with E-state index in [1.165, 1.54) is 25.3 Å². The summed E-state index contributed by atoms with van der Waals surface area (Å²) in [6, 6.07) is 12.1. The first kappa shape index (κ1) is 20.2. The maximum Gasteiger partial charge on any atom is 0.255 e. The van der Waals surface area contributed by atoms with Crippen LogP contribution >= 0.6 is 0 Å². The highest BCUT2D eigenvalue weighted by Gasteiger charge is 2.19. The molecule has 0 bridgehead atoms. The van der Waals surface area contributed by atoms with Crippen molar-refractivity contribution in [3.05, 3.63) is 88.9 Å². The maximum atomic E-state index is 13.9. The van der Waals surface area contributed by atoms with Gasteiger partial charge in [-0.15, -0.1) is 0 Å². The molecule has 2 N–H and O–H groups in total. The van der Waals surface area contributed by atoms with Gasteiger partial charge in [0, 0.05) is 17.8 Å². The first-order valence-electron chi connectivity index (χ1n) is 9.43. The second kappa shape index (κ2) is 8.74. The third-order valence-electron chi connectivity index (χ3n) is 4.70. The van der Waals surface area contributed by atoms with Crippen LogP contribution in [0.1, 0.15) is 27.3 Å². The highest BCUT2D eigenvalue weighted by molar-refractivity contribution is 6.05. The number of H-pyrrole nitrogens is 1. The zero-order valence-electron chi connectivity index (χ0n) is 16.5. The lowest BCUT2D eigenvalue weighted by Gasteiger charge is -2.10. The van der Waals surface area contributed by atoms with Crippen LogP contribution in [0.25, 0.3) is 23.1 Å². The number of nitrogens with one attached hydrogen (secondary N) is 2. The molecule has 31 heavy (non-hydrogen) atoms. The van der Waals surface area contributed by atoms with Crippen molar-refractivity contribution in [2.24, 2.45) is 0 Å². The highest BCUT2D eigenvalue weighted by atomic mass is 19.1. The Hall–Kier alpha value is -4.07. The molecule has 0 saturated carbocycles. The van der Waals surface area contributed by atoms with Gasteiger partial charge in [-0.2, -0.15) is 5.10 Å². The lowest BCUT2D eigenvalue weighted by molar-refractivity contribution is 0.0947. The van der Waals surface area contributed by atoms with Crippen LogP contribution in [0, 0.1) is 11.6 Å². The van der Waals surface area contributed by atoms with E-state index in [4.69, 9.17) is 4.74 Å². The summed E-state index contributed by atoms with van der Waals surface area (Å²) in [5.41, 5.74) is 2.37. The Balaban J connectivity index is 1.66. The van der Waals surface area contributed by atoms with Crippen LogP contribution in [0.2, 0.25) is 0 Å². The molecule has 8 heteroatoms.